The van der Waals surface area contributed by atoms with Gasteiger partial charge in [-0.1, -0.05) is 13.8 Å². The van der Waals surface area contributed by atoms with Crippen LogP contribution in [0, 0.1) is 5.92 Å². The maximum atomic E-state index is 12.0. The van der Waals surface area contributed by atoms with Gasteiger partial charge in [0.15, 0.2) is 0 Å². The minimum Gasteiger partial charge on any atom is -0.481 e. The van der Waals surface area contributed by atoms with Gasteiger partial charge in [-0.3, -0.25) is 4.79 Å². The van der Waals surface area contributed by atoms with Gasteiger partial charge in [0, 0.05) is 13.1 Å². The molecule has 0 radical (unpaired) electrons. The number of ether oxygens (including phenoxy) is 1. The van der Waals surface area contributed by atoms with Gasteiger partial charge in [-0.15, -0.1) is 0 Å². The van der Waals surface area contributed by atoms with Crippen LogP contribution in [-0.2, 0) is 19.6 Å². The molecule has 0 aliphatic heterocycles. The first kappa shape index (κ1) is 17.3. The highest BCUT2D eigenvalue weighted by molar-refractivity contribution is 7.89. The molecule has 0 rings (SSSR count). The third kappa shape index (κ3) is 6.32. The first-order valence-corrected chi connectivity index (χ1v) is 7.63. The Morgan fingerprint density at radius 1 is 1.33 bits per heavy atom. The van der Waals surface area contributed by atoms with Crippen LogP contribution in [0.3, 0.4) is 0 Å². The maximum absolute atomic E-state index is 12.0. The van der Waals surface area contributed by atoms with Gasteiger partial charge in [0.2, 0.25) is 10.0 Å². The molecule has 1 atom stereocenters. The lowest BCUT2D eigenvalue weighted by Crippen LogP contribution is -2.39. The molecule has 0 aliphatic carbocycles. The van der Waals surface area contributed by atoms with Crippen molar-refractivity contribution in [3.8, 4) is 0 Å². The third-order valence-corrected chi connectivity index (χ3v) is 4.31. The van der Waals surface area contributed by atoms with Crippen molar-refractivity contribution in [2.24, 2.45) is 5.92 Å². The summed E-state index contributed by atoms with van der Waals surface area (Å²) in [5.41, 5.74) is 0. The molecule has 108 valence electrons. The van der Waals surface area contributed by atoms with E-state index in [1.165, 1.54) is 11.2 Å². The van der Waals surface area contributed by atoms with E-state index in [0.717, 1.165) is 0 Å². The van der Waals surface area contributed by atoms with Gasteiger partial charge in [-0.2, -0.15) is 0 Å². The average Bonchev–Trinajstić information content (AvgIpc) is 2.23. The minimum absolute atomic E-state index is 0.00412. The van der Waals surface area contributed by atoms with Crippen LogP contribution in [0.25, 0.3) is 0 Å². The van der Waals surface area contributed by atoms with Gasteiger partial charge in [0.05, 0.1) is 24.4 Å². The Kier molecular flexibility index (Phi) is 7.42. The molecule has 0 heterocycles. The maximum Gasteiger partial charge on any atom is 0.307 e. The molecule has 6 nitrogen and oxygen atoms in total. The van der Waals surface area contributed by atoms with Gasteiger partial charge in [-0.05, 0) is 13.8 Å². The number of carboxylic acid groups (broad SMARTS) is 1. The topological polar surface area (TPSA) is 83.9 Å². The molecule has 7 heteroatoms. The second kappa shape index (κ2) is 7.70. The number of carboxylic acids is 1. The third-order valence-electron chi connectivity index (χ3n) is 2.44. The fourth-order valence-electron chi connectivity index (χ4n) is 1.34. The van der Waals surface area contributed by atoms with E-state index in [1.54, 1.807) is 6.92 Å². The molecule has 1 N–H and O–H groups in total. The number of rotatable bonds is 9. The van der Waals surface area contributed by atoms with Crippen LogP contribution < -0.4 is 0 Å². The predicted octanol–water partition coefficient (Wildman–Crippen LogP) is 0.784. The molecule has 0 saturated heterocycles. The summed E-state index contributed by atoms with van der Waals surface area (Å²) in [5, 5.41) is 8.79. The number of sulfonamides is 1. The molecule has 0 aromatic heterocycles. The summed E-state index contributed by atoms with van der Waals surface area (Å²) in [5.74, 6) is -1.83. The van der Waals surface area contributed by atoms with Crippen LogP contribution in [0.4, 0.5) is 0 Å². The normalized spacial score (nSPS) is 14.1. The Morgan fingerprint density at radius 3 is 2.28 bits per heavy atom. The summed E-state index contributed by atoms with van der Waals surface area (Å²) in [7, 11) is -3.45. The largest absolute Gasteiger partial charge is 0.481 e. The molecular formula is C11H23NO5S. The smallest absolute Gasteiger partial charge is 0.307 e. The zero-order valence-electron chi connectivity index (χ0n) is 11.4. The second-order valence-corrected chi connectivity index (χ2v) is 6.51. The monoisotopic (exact) mass is 281 g/mol. The highest BCUT2D eigenvalue weighted by Crippen LogP contribution is 2.07. The lowest BCUT2D eigenvalue weighted by molar-refractivity contribution is -0.141. The fraction of sp³-hybridized carbons (Fsp3) is 0.909. The number of hydrogen-bond donors (Lipinski definition) is 1. The van der Waals surface area contributed by atoms with Crippen molar-refractivity contribution in [2.75, 3.05) is 25.4 Å². The predicted molar refractivity (Wildman–Crippen MR) is 68.9 cm³/mol. The van der Waals surface area contributed by atoms with E-state index in [4.69, 9.17) is 9.84 Å². The van der Waals surface area contributed by atoms with Crippen molar-refractivity contribution in [1.29, 1.82) is 0 Å². The molecule has 0 aliphatic rings. The molecule has 0 aromatic carbocycles. The molecule has 0 saturated carbocycles. The lowest BCUT2D eigenvalue weighted by atomic mass is 10.2. The van der Waals surface area contributed by atoms with Crippen molar-refractivity contribution in [2.45, 2.75) is 33.8 Å². The summed E-state index contributed by atoms with van der Waals surface area (Å²) in [6, 6.07) is 0. The number of carbonyl (C=O) groups is 1. The Bertz CT molecular complexity index is 352. The highest BCUT2D eigenvalue weighted by atomic mass is 32.2. The Hall–Kier alpha value is -0.660. The van der Waals surface area contributed by atoms with E-state index in [9.17, 15) is 13.2 Å². The molecule has 18 heavy (non-hydrogen) atoms. The van der Waals surface area contributed by atoms with E-state index < -0.39 is 21.9 Å². The quantitative estimate of drug-likeness (QED) is 0.675. The lowest BCUT2D eigenvalue weighted by Gasteiger charge is -2.22. The summed E-state index contributed by atoms with van der Waals surface area (Å²) in [4.78, 5) is 10.7. The van der Waals surface area contributed by atoms with Gasteiger partial charge in [0.25, 0.3) is 0 Å². The van der Waals surface area contributed by atoms with Crippen LogP contribution >= 0.6 is 0 Å². The molecule has 0 aromatic rings. The molecule has 0 fully saturated rings. The van der Waals surface area contributed by atoms with Crippen LogP contribution in [0.1, 0.15) is 27.7 Å². The van der Waals surface area contributed by atoms with Crippen LogP contribution in [0.15, 0.2) is 0 Å². The number of hydrogen-bond acceptors (Lipinski definition) is 4. The van der Waals surface area contributed by atoms with Gasteiger partial charge < -0.3 is 9.84 Å². The molecular weight excluding hydrogens is 258 g/mol. The highest BCUT2D eigenvalue weighted by Gasteiger charge is 2.24. The Labute approximate surface area is 109 Å². The van der Waals surface area contributed by atoms with E-state index in [1.807, 2.05) is 13.8 Å². The van der Waals surface area contributed by atoms with Crippen LogP contribution in [0.5, 0.6) is 0 Å². The van der Waals surface area contributed by atoms with Gasteiger partial charge in [-0.25, -0.2) is 12.7 Å². The van der Waals surface area contributed by atoms with Crippen molar-refractivity contribution in [3.05, 3.63) is 0 Å². The Morgan fingerprint density at radius 2 is 1.89 bits per heavy atom. The zero-order valence-corrected chi connectivity index (χ0v) is 12.2. The first-order chi connectivity index (χ1) is 8.20. The molecule has 0 bridgehead atoms. The zero-order chi connectivity index (χ0) is 14.3. The van der Waals surface area contributed by atoms with Crippen LogP contribution in [0.2, 0.25) is 0 Å². The first-order valence-electron chi connectivity index (χ1n) is 6.03. The van der Waals surface area contributed by atoms with E-state index in [2.05, 4.69) is 0 Å². The SMILES string of the molecule is CCN(CC(C)C(=O)O)S(=O)(=O)CCOC(C)C. The molecule has 0 spiro atoms. The van der Waals surface area contributed by atoms with Gasteiger partial charge in [0.1, 0.15) is 0 Å². The van der Waals surface area contributed by atoms with E-state index >= 15 is 0 Å². The number of nitrogens with zero attached hydrogens (tertiary/aromatic N) is 1. The van der Waals surface area contributed by atoms with Crippen molar-refractivity contribution >= 4 is 16.0 Å². The van der Waals surface area contributed by atoms with E-state index in [0.29, 0.717) is 0 Å². The van der Waals surface area contributed by atoms with Crippen molar-refractivity contribution < 1.29 is 23.1 Å². The summed E-state index contributed by atoms with van der Waals surface area (Å²) >= 11 is 0. The standard InChI is InChI=1S/C11H23NO5S/c1-5-12(8-10(4)11(13)14)18(15,16)7-6-17-9(2)3/h9-10H,5-8H2,1-4H3,(H,13,14). The van der Waals surface area contributed by atoms with Gasteiger partial charge >= 0.3 is 5.97 Å². The van der Waals surface area contributed by atoms with E-state index in [-0.39, 0.29) is 31.6 Å². The minimum atomic E-state index is -3.45. The second-order valence-electron chi connectivity index (χ2n) is 4.43. The average molecular weight is 281 g/mol. The summed E-state index contributed by atoms with van der Waals surface area (Å²) < 4.78 is 30.3. The summed E-state index contributed by atoms with van der Waals surface area (Å²) in [6.45, 7) is 7.23. The van der Waals surface area contributed by atoms with Crippen molar-refractivity contribution in [3.63, 3.8) is 0 Å². The number of aliphatic carboxylic acids is 1. The summed E-state index contributed by atoms with van der Waals surface area (Å²) in [6.07, 6.45) is -0.0202. The van der Waals surface area contributed by atoms with Crippen LogP contribution in [-0.4, -0.2) is 55.4 Å². The Balaban J connectivity index is 4.48. The molecule has 0 amide bonds. The molecule has 1 unspecified atom stereocenters. The fourth-order valence-corrected chi connectivity index (χ4v) is 2.75. The van der Waals surface area contributed by atoms with Crippen molar-refractivity contribution in [1.82, 2.24) is 4.31 Å².